The summed E-state index contributed by atoms with van der Waals surface area (Å²) in [6.45, 7) is 10.1. The smallest absolute Gasteiger partial charge is 0.330 e. The number of fused-ring (bicyclic) bond motifs is 1. The van der Waals surface area contributed by atoms with Crippen molar-refractivity contribution in [3.63, 3.8) is 0 Å². The lowest BCUT2D eigenvalue weighted by atomic mass is 9.62. The summed E-state index contributed by atoms with van der Waals surface area (Å²) in [7, 11) is 0. The van der Waals surface area contributed by atoms with E-state index in [1.54, 1.807) is 6.08 Å². The van der Waals surface area contributed by atoms with E-state index in [-0.39, 0.29) is 23.4 Å². The number of carbonyl (C=O) groups excluding carboxylic acids is 1. The summed E-state index contributed by atoms with van der Waals surface area (Å²) in [5, 5.41) is 30.9. The van der Waals surface area contributed by atoms with Gasteiger partial charge >= 0.3 is 5.97 Å². The van der Waals surface area contributed by atoms with Gasteiger partial charge in [-0.05, 0) is 82.1 Å². The molecular formula is C29H46O5. The lowest BCUT2D eigenvalue weighted by Gasteiger charge is -2.43. The maximum absolute atomic E-state index is 12.5. The molecule has 0 aliphatic heterocycles. The highest BCUT2D eigenvalue weighted by atomic mass is 16.5. The van der Waals surface area contributed by atoms with Gasteiger partial charge in [-0.2, -0.15) is 0 Å². The van der Waals surface area contributed by atoms with Crippen LogP contribution in [0.25, 0.3) is 0 Å². The van der Waals surface area contributed by atoms with Crippen LogP contribution < -0.4 is 0 Å². The van der Waals surface area contributed by atoms with Crippen LogP contribution in [0.5, 0.6) is 0 Å². The number of ether oxygens (including phenoxy) is 1. The molecule has 3 aliphatic carbocycles. The molecule has 3 aliphatic rings. The third-order valence-electron chi connectivity index (χ3n) is 9.35. The molecule has 0 heterocycles. The van der Waals surface area contributed by atoms with Crippen LogP contribution in [0, 0.1) is 23.2 Å². The minimum Gasteiger partial charge on any atom is -0.459 e. The van der Waals surface area contributed by atoms with Gasteiger partial charge in [0.25, 0.3) is 0 Å². The molecule has 0 aromatic heterocycles. The van der Waals surface area contributed by atoms with E-state index in [1.165, 1.54) is 11.6 Å². The van der Waals surface area contributed by atoms with Crippen LogP contribution in [-0.4, -0.2) is 45.2 Å². The summed E-state index contributed by atoms with van der Waals surface area (Å²) in [6, 6.07) is 0. The molecule has 0 aromatic carbocycles. The van der Waals surface area contributed by atoms with Crippen LogP contribution in [0.15, 0.2) is 35.5 Å². The lowest BCUT2D eigenvalue weighted by Crippen LogP contribution is -2.39. The molecule has 0 amide bonds. The van der Waals surface area contributed by atoms with Gasteiger partial charge in [-0.3, -0.25) is 0 Å². The third-order valence-corrected chi connectivity index (χ3v) is 9.35. The molecule has 3 N–H and O–H groups in total. The summed E-state index contributed by atoms with van der Waals surface area (Å²) in [5.74, 6) is 0.332. The Morgan fingerprint density at radius 1 is 1.18 bits per heavy atom. The molecule has 5 nitrogen and oxygen atoms in total. The first-order valence-electron chi connectivity index (χ1n) is 13.4. The Morgan fingerprint density at radius 3 is 2.44 bits per heavy atom. The molecule has 0 aromatic rings. The standard InChI is InChI=1S/C29H46O5/c1-6-29(33,7-2)16-14-27(32)34-20(4)23-12-13-24-22(9-8-15-28(23,24)5)11-10-21-17-25(30)19(3)26(31)18-21/h10-11,14,16,19-20,23-26,30-31,33H,6-9,12-13,15,17-18H2,1-5H3/b16-14+,21-10?,22-11+/t19?,20-,23+,24-,25+,26+,28+/m0/s1. The van der Waals surface area contributed by atoms with Crippen LogP contribution in [0.3, 0.4) is 0 Å². The van der Waals surface area contributed by atoms with Gasteiger partial charge in [0.1, 0.15) is 6.10 Å². The minimum atomic E-state index is -0.952. The Balaban J connectivity index is 1.68. The van der Waals surface area contributed by atoms with Crippen LogP contribution in [0.1, 0.15) is 92.4 Å². The van der Waals surface area contributed by atoms with E-state index in [0.29, 0.717) is 37.5 Å². The molecule has 0 radical (unpaired) electrons. The molecule has 0 unspecified atom stereocenters. The maximum atomic E-state index is 12.5. The summed E-state index contributed by atoms with van der Waals surface area (Å²) in [5.41, 5.74) is 1.73. The van der Waals surface area contributed by atoms with Crippen molar-refractivity contribution in [1.82, 2.24) is 0 Å². The third kappa shape index (κ3) is 5.85. The Labute approximate surface area is 206 Å². The molecule has 0 saturated heterocycles. The Bertz CT molecular complexity index is 793. The fourth-order valence-electron chi connectivity index (χ4n) is 6.67. The summed E-state index contributed by atoms with van der Waals surface area (Å²) >= 11 is 0. The first-order valence-corrected chi connectivity index (χ1v) is 13.4. The summed E-state index contributed by atoms with van der Waals surface area (Å²) in [4.78, 5) is 12.5. The van der Waals surface area contributed by atoms with Crippen molar-refractivity contribution in [3.8, 4) is 0 Å². The molecule has 34 heavy (non-hydrogen) atoms. The van der Waals surface area contributed by atoms with E-state index in [2.05, 4.69) is 19.1 Å². The summed E-state index contributed by atoms with van der Waals surface area (Å²) < 4.78 is 5.83. The van der Waals surface area contributed by atoms with Gasteiger partial charge in [-0.1, -0.05) is 51.0 Å². The van der Waals surface area contributed by atoms with E-state index in [9.17, 15) is 20.1 Å². The van der Waals surface area contributed by atoms with E-state index in [1.807, 2.05) is 27.7 Å². The van der Waals surface area contributed by atoms with Crippen LogP contribution in [-0.2, 0) is 9.53 Å². The zero-order valence-corrected chi connectivity index (χ0v) is 21.8. The lowest BCUT2D eigenvalue weighted by molar-refractivity contribution is -0.147. The molecule has 3 saturated carbocycles. The van der Waals surface area contributed by atoms with Gasteiger partial charge in [0.15, 0.2) is 0 Å². The van der Waals surface area contributed by atoms with E-state index in [4.69, 9.17) is 4.74 Å². The fourth-order valence-corrected chi connectivity index (χ4v) is 6.67. The van der Waals surface area contributed by atoms with Gasteiger partial charge in [0, 0.05) is 17.9 Å². The fraction of sp³-hybridized carbons (Fsp3) is 0.759. The van der Waals surface area contributed by atoms with Gasteiger partial charge in [-0.25, -0.2) is 4.79 Å². The van der Waals surface area contributed by atoms with Crippen molar-refractivity contribution < 1.29 is 24.9 Å². The van der Waals surface area contributed by atoms with Crippen LogP contribution >= 0.6 is 0 Å². The predicted octanol–water partition coefficient (Wildman–Crippen LogP) is 5.25. The topological polar surface area (TPSA) is 87.0 Å². The number of carbonyl (C=O) groups is 1. The number of hydrogen-bond acceptors (Lipinski definition) is 5. The molecule has 6 atom stereocenters. The van der Waals surface area contributed by atoms with Crippen molar-refractivity contribution in [2.75, 3.05) is 0 Å². The minimum absolute atomic E-state index is 0.0739. The number of aliphatic hydroxyl groups is 3. The number of hydrogen-bond donors (Lipinski definition) is 3. The number of allylic oxidation sites excluding steroid dienone is 3. The molecule has 0 bridgehead atoms. The van der Waals surface area contributed by atoms with Crippen molar-refractivity contribution in [2.45, 2.75) is 116 Å². The van der Waals surface area contributed by atoms with Crippen LogP contribution in [0.2, 0.25) is 0 Å². The SMILES string of the molecule is CCC(O)(/C=C/C(=O)O[C@@H](C)[C@H]1CC[C@H]2/C(=C/C=C3C[C@@H](O)C(C)[C@H](O)C3)CCC[C@]12C)CC. The quantitative estimate of drug-likeness (QED) is 0.347. The van der Waals surface area contributed by atoms with Crippen LogP contribution in [0.4, 0.5) is 0 Å². The zero-order chi connectivity index (χ0) is 25.1. The highest BCUT2D eigenvalue weighted by Crippen LogP contribution is 2.58. The number of esters is 1. The first kappa shape index (κ1) is 27.2. The average molecular weight is 475 g/mol. The average Bonchev–Trinajstić information content (AvgIpc) is 3.17. The first-order chi connectivity index (χ1) is 16.0. The molecule has 5 heteroatoms. The van der Waals surface area contributed by atoms with Gasteiger partial charge in [0.2, 0.25) is 0 Å². The number of rotatable bonds is 7. The molecule has 0 spiro atoms. The monoisotopic (exact) mass is 474 g/mol. The zero-order valence-electron chi connectivity index (χ0n) is 21.8. The molecular weight excluding hydrogens is 428 g/mol. The predicted molar refractivity (Wildman–Crippen MR) is 135 cm³/mol. The van der Waals surface area contributed by atoms with E-state index >= 15 is 0 Å². The summed E-state index contributed by atoms with van der Waals surface area (Å²) in [6.07, 6.45) is 14.1. The second-order valence-electron chi connectivity index (χ2n) is 11.4. The second kappa shape index (κ2) is 11.1. The van der Waals surface area contributed by atoms with Gasteiger partial charge < -0.3 is 20.1 Å². The van der Waals surface area contributed by atoms with Crippen molar-refractivity contribution >= 4 is 5.97 Å². The van der Waals surface area contributed by atoms with Gasteiger partial charge in [0.05, 0.1) is 17.8 Å². The van der Waals surface area contributed by atoms with E-state index in [0.717, 1.165) is 37.7 Å². The van der Waals surface area contributed by atoms with Crippen molar-refractivity contribution in [3.05, 3.63) is 35.5 Å². The maximum Gasteiger partial charge on any atom is 0.330 e. The highest BCUT2D eigenvalue weighted by Gasteiger charge is 2.51. The van der Waals surface area contributed by atoms with E-state index < -0.39 is 17.8 Å². The number of aliphatic hydroxyl groups excluding tert-OH is 2. The Morgan fingerprint density at radius 2 is 1.82 bits per heavy atom. The van der Waals surface area contributed by atoms with Crippen molar-refractivity contribution in [2.24, 2.45) is 23.2 Å². The second-order valence-corrected chi connectivity index (χ2v) is 11.4. The molecule has 192 valence electrons. The molecule has 3 rings (SSSR count). The van der Waals surface area contributed by atoms with Crippen molar-refractivity contribution in [1.29, 1.82) is 0 Å². The Kier molecular flexibility index (Phi) is 8.86. The highest BCUT2D eigenvalue weighted by molar-refractivity contribution is 5.82. The molecule has 3 fully saturated rings. The largest absolute Gasteiger partial charge is 0.459 e. The Hall–Kier alpha value is -1.43. The van der Waals surface area contributed by atoms with Gasteiger partial charge in [-0.15, -0.1) is 0 Å². The normalized spacial score (nSPS) is 36.5.